The zero-order valence-corrected chi connectivity index (χ0v) is 13.1. The van der Waals surface area contributed by atoms with E-state index in [2.05, 4.69) is 15.0 Å². The minimum atomic E-state index is -0.406. The lowest BCUT2D eigenvalue weighted by Gasteiger charge is -2.11. The normalized spacial score (nSPS) is 11.5. The van der Waals surface area contributed by atoms with Crippen LogP contribution < -0.4 is 5.32 Å². The number of methoxy groups -OCH3 is 1. The minimum Gasteiger partial charge on any atom is -0.465 e. The predicted molar refractivity (Wildman–Crippen MR) is 86.0 cm³/mol. The second-order valence-corrected chi connectivity index (χ2v) is 5.85. The number of carbonyl (C=O) groups excluding carboxylic acids is 2. The summed E-state index contributed by atoms with van der Waals surface area (Å²) in [4.78, 5) is 27.7. The molecule has 0 aliphatic heterocycles. The molecule has 0 bridgehead atoms. The number of aromatic nitrogens is 1. The van der Waals surface area contributed by atoms with Gasteiger partial charge >= 0.3 is 5.97 Å². The van der Waals surface area contributed by atoms with Crippen molar-refractivity contribution in [3.05, 3.63) is 54.2 Å². The standard InChI is InChI=1S/C16H16N2O3S/c1-11(22-14-5-3-4-10-17-14)15(19)18-13-8-6-12(7-9-13)16(20)21-2/h3-11H,1-2H3,(H,18,19)/t11-/m1/s1. The molecule has 1 heterocycles. The number of nitrogens with one attached hydrogen (secondary N) is 1. The third-order valence-electron chi connectivity index (χ3n) is 2.88. The van der Waals surface area contributed by atoms with Crippen molar-refractivity contribution in [2.45, 2.75) is 17.2 Å². The fourth-order valence-electron chi connectivity index (χ4n) is 1.70. The molecule has 0 spiro atoms. The lowest BCUT2D eigenvalue weighted by molar-refractivity contribution is -0.115. The SMILES string of the molecule is COC(=O)c1ccc(NC(=O)[C@@H](C)Sc2ccccn2)cc1. The molecule has 0 unspecified atom stereocenters. The Labute approximate surface area is 133 Å². The van der Waals surface area contributed by atoms with Gasteiger partial charge in [0.15, 0.2) is 0 Å². The Morgan fingerprint density at radius 1 is 1.18 bits per heavy atom. The summed E-state index contributed by atoms with van der Waals surface area (Å²) in [5.41, 5.74) is 1.07. The number of hydrogen-bond acceptors (Lipinski definition) is 5. The second kappa shape index (κ2) is 7.61. The average Bonchev–Trinajstić information content (AvgIpc) is 2.55. The number of pyridine rings is 1. The molecule has 1 aromatic heterocycles. The summed E-state index contributed by atoms with van der Waals surface area (Å²) in [5, 5.41) is 3.32. The Hall–Kier alpha value is -2.34. The number of carbonyl (C=O) groups is 2. The van der Waals surface area contributed by atoms with Crippen LogP contribution in [0.4, 0.5) is 5.69 Å². The van der Waals surface area contributed by atoms with E-state index in [0.29, 0.717) is 11.3 Å². The minimum absolute atomic E-state index is 0.124. The summed E-state index contributed by atoms with van der Waals surface area (Å²) in [5.74, 6) is -0.529. The predicted octanol–water partition coefficient (Wildman–Crippen LogP) is 2.99. The first-order valence-corrected chi connectivity index (χ1v) is 7.55. The molecule has 0 saturated carbocycles. The van der Waals surface area contributed by atoms with Crippen molar-refractivity contribution in [2.24, 2.45) is 0 Å². The summed E-state index contributed by atoms with van der Waals surface area (Å²) < 4.78 is 4.63. The topological polar surface area (TPSA) is 68.3 Å². The smallest absolute Gasteiger partial charge is 0.337 e. The average molecular weight is 316 g/mol. The first-order valence-electron chi connectivity index (χ1n) is 6.67. The molecule has 1 aromatic carbocycles. The molecule has 22 heavy (non-hydrogen) atoms. The van der Waals surface area contributed by atoms with Crippen LogP contribution in [0.5, 0.6) is 0 Å². The summed E-state index contributed by atoms with van der Waals surface area (Å²) in [6.45, 7) is 1.82. The molecule has 1 amide bonds. The number of ether oxygens (including phenoxy) is 1. The maximum Gasteiger partial charge on any atom is 0.337 e. The molecule has 1 atom stereocenters. The maximum absolute atomic E-state index is 12.1. The molecular formula is C16H16N2O3S. The number of nitrogens with zero attached hydrogens (tertiary/aromatic N) is 1. The van der Waals surface area contributed by atoms with E-state index in [1.165, 1.54) is 18.9 Å². The molecule has 0 aliphatic rings. The molecule has 5 nitrogen and oxygen atoms in total. The van der Waals surface area contributed by atoms with Crippen LogP contribution >= 0.6 is 11.8 Å². The molecule has 1 N–H and O–H groups in total. The number of hydrogen-bond donors (Lipinski definition) is 1. The van der Waals surface area contributed by atoms with Crippen LogP contribution in [0, 0.1) is 0 Å². The molecule has 6 heteroatoms. The molecule has 0 saturated heterocycles. The fraction of sp³-hybridized carbons (Fsp3) is 0.188. The number of esters is 1. The van der Waals surface area contributed by atoms with Gasteiger partial charge in [-0.05, 0) is 43.3 Å². The van der Waals surface area contributed by atoms with Crippen LogP contribution in [0.15, 0.2) is 53.7 Å². The van der Waals surface area contributed by atoms with Gasteiger partial charge in [-0.25, -0.2) is 9.78 Å². The summed E-state index contributed by atoms with van der Waals surface area (Å²) in [7, 11) is 1.33. The van der Waals surface area contributed by atoms with Gasteiger partial charge in [-0.3, -0.25) is 4.79 Å². The largest absolute Gasteiger partial charge is 0.465 e. The van der Waals surface area contributed by atoms with Crippen molar-refractivity contribution in [3.8, 4) is 0 Å². The van der Waals surface area contributed by atoms with E-state index in [1.807, 2.05) is 25.1 Å². The highest BCUT2D eigenvalue weighted by molar-refractivity contribution is 8.00. The lowest BCUT2D eigenvalue weighted by atomic mass is 10.2. The van der Waals surface area contributed by atoms with Crippen LogP contribution in [0.3, 0.4) is 0 Å². The van der Waals surface area contributed by atoms with Gasteiger partial charge in [-0.15, -0.1) is 0 Å². The van der Waals surface area contributed by atoms with Gasteiger partial charge < -0.3 is 10.1 Å². The molecular weight excluding hydrogens is 300 g/mol. The van der Waals surface area contributed by atoms with Gasteiger partial charge in [0.2, 0.25) is 5.91 Å². The van der Waals surface area contributed by atoms with Crippen LogP contribution in [-0.4, -0.2) is 29.2 Å². The van der Waals surface area contributed by atoms with Gasteiger partial charge in [0.25, 0.3) is 0 Å². The van der Waals surface area contributed by atoms with Gasteiger partial charge in [-0.2, -0.15) is 0 Å². The van der Waals surface area contributed by atoms with Crippen molar-refractivity contribution >= 4 is 29.3 Å². The second-order valence-electron chi connectivity index (χ2n) is 4.49. The van der Waals surface area contributed by atoms with Crippen molar-refractivity contribution in [3.63, 3.8) is 0 Å². The monoisotopic (exact) mass is 316 g/mol. The molecule has 0 radical (unpaired) electrons. The summed E-state index contributed by atoms with van der Waals surface area (Å²) >= 11 is 1.39. The van der Waals surface area contributed by atoms with Gasteiger partial charge in [0.05, 0.1) is 22.9 Å². The fourth-order valence-corrected chi connectivity index (χ4v) is 2.51. The Morgan fingerprint density at radius 3 is 2.50 bits per heavy atom. The van der Waals surface area contributed by atoms with Gasteiger partial charge in [0.1, 0.15) is 0 Å². The van der Waals surface area contributed by atoms with Crippen LogP contribution in [0.2, 0.25) is 0 Å². The maximum atomic E-state index is 12.1. The van der Waals surface area contributed by atoms with Crippen molar-refractivity contribution < 1.29 is 14.3 Å². The van der Waals surface area contributed by atoms with Crippen molar-refractivity contribution in [1.82, 2.24) is 4.98 Å². The summed E-state index contributed by atoms with van der Waals surface area (Å²) in [6.07, 6.45) is 1.69. The zero-order valence-electron chi connectivity index (χ0n) is 12.3. The first-order chi connectivity index (χ1) is 10.6. The number of anilines is 1. The quantitative estimate of drug-likeness (QED) is 0.678. The third-order valence-corrected chi connectivity index (χ3v) is 3.93. The Bertz CT molecular complexity index is 644. The highest BCUT2D eigenvalue weighted by Crippen LogP contribution is 2.21. The molecule has 2 rings (SSSR count). The number of amides is 1. The molecule has 0 fully saturated rings. The Kier molecular flexibility index (Phi) is 5.55. The van der Waals surface area contributed by atoms with E-state index in [0.717, 1.165) is 5.03 Å². The number of benzene rings is 1. The highest BCUT2D eigenvalue weighted by Gasteiger charge is 2.15. The van der Waals surface area contributed by atoms with E-state index in [4.69, 9.17) is 0 Å². The lowest BCUT2D eigenvalue weighted by Crippen LogP contribution is -2.22. The molecule has 0 aliphatic carbocycles. The van der Waals surface area contributed by atoms with E-state index in [-0.39, 0.29) is 11.2 Å². The first kappa shape index (κ1) is 16.0. The van der Waals surface area contributed by atoms with E-state index < -0.39 is 5.97 Å². The van der Waals surface area contributed by atoms with Crippen LogP contribution in [0.25, 0.3) is 0 Å². The van der Waals surface area contributed by atoms with E-state index >= 15 is 0 Å². The van der Waals surface area contributed by atoms with E-state index in [1.54, 1.807) is 30.5 Å². The van der Waals surface area contributed by atoms with Gasteiger partial charge in [-0.1, -0.05) is 17.8 Å². The van der Waals surface area contributed by atoms with Crippen LogP contribution in [-0.2, 0) is 9.53 Å². The van der Waals surface area contributed by atoms with E-state index in [9.17, 15) is 9.59 Å². The zero-order chi connectivity index (χ0) is 15.9. The Morgan fingerprint density at radius 2 is 1.91 bits per heavy atom. The Balaban J connectivity index is 1.95. The molecule has 2 aromatic rings. The van der Waals surface area contributed by atoms with Crippen molar-refractivity contribution in [2.75, 3.05) is 12.4 Å². The highest BCUT2D eigenvalue weighted by atomic mass is 32.2. The third kappa shape index (κ3) is 4.33. The molecule has 114 valence electrons. The van der Waals surface area contributed by atoms with Crippen LogP contribution in [0.1, 0.15) is 17.3 Å². The number of thioether (sulfide) groups is 1. The summed E-state index contributed by atoms with van der Waals surface area (Å²) in [6, 6.07) is 12.1. The number of rotatable bonds is 5. The van der Waals surface area contributed by atoms with Crippen molar-refractivity contribution in [1.29, 1.82) is 0 Å². The van der Waals surface area contributed by atoms with Gasteiger partial charge in [0, 0.05) is 11.9 Å².